The fourth-order valence-corrected chi connectivity index (χ4v) is 4.18. The first-order valence-corrected chi connectivity index (χ1v) is 9.98. The summed E-state index contributed by atoms with van der Waals surface area (Å²) >= 11 is 0. The van der Waals surface area contributed by atoms with Crippen LogP contribution in [-0.2, 0) is 10.0 Å². The number of hydrogen-bond donors (Lipinski definition) is 3. The number of benzene rings is 1. The van der Waals surface area contributed by atoms with Gasteiger partial charge in [0, 0.05) is 18.2 Å². The molecule has 1 saturated carbocycles. The van der Waals surface area contributed by atoms with Crippen LogP contribution >= 0.6 is 0 Å². The summed E-state index contributed by atoms with van der Waals surface area (Å²) in [6.45, 7) is 4.78. The summed E-state index contributed by atoms with van der Waals surface area (Å²) in [5.41, 5.74) is 0.608. The van der Waals surface area contributed by atoms with E-state index in [4.69, 9.17) is 0 Å². The number of amides is 1. The number of carbonyl (C=O) groups excluding carboxylic acids is 1. The van der Waals surface area contributed by atoms with Crippen molar-refractivity contribution in [3.63, 3.8) is 0 Å². The number of rotatable bonds is 6. The predicted octanol–water partition coefficient (Wildman–Crippen LogP) is 1.25. The highest BCUT2D eigenvalue weighted by molar-refractivity contribution is 7.89. The number of sulfonamides is 1. The van der Waals surface area contributed by atoms with Gasteiger partial charge in [-0.15, -0.1) is 0 Å². The number of piperidine rings is 1. The van der Waals surface area contributed by atoms with E-state index in [0.29, 0.717) is 12.1 Å². The van der Waals surface area contributed by atoms with Crippen LogP contribution in [0.15, 0.2) is 29.2 Å². The molecule has 0 bridgehead atoms. The van der Waals surface area contributed by atoms with Crippen molar-refractivity contribution in [1.29, 1.82) is 0 Å². The molecule has 7 heteroatoms. The van der Waals surface area contributed by atoms with E-state index in [-0.39, 0.29) is 22.3 Å². The summed E-state index contributed by atoms with van der Waals surface area (Å²) < 4.78 is 26.9. The molecule has 0 spiro atoms. The maximum absolute atomic E-state index is 12.3. The van der Waals surface area contributed by atoms with Crippen LogP contribution in [0.4, 0.5) is 0 Å². The Hall–Kier alpha value is -1.44. The average Bonchev–Trinajstić information content (AvgIpc) is 3.37. The topological polar surface area (TPSA) is 87.3 Å². The largest absolute Gasteiger partial charge is 0.351 e. The Morgan fingerprint density at radius 2 is 1.83 bits per heavy atom. The van der Waals surface area contributed by atoms with Crippen LogP contribution in [0.25, 0.3) is 0 Å². The van der Waals surface area contributed by atoms with E-state index in [1.807, 2.05) is 0 Å². The summed E-state index contributed by atoms with van der Waals surface area (Å²) in [6, 6.07) is 6.20. The molecule has 0 radical (unpaired) electrons. The molecule has 1 saturated heterocycles. The predicted molar refractivity (Wildman–Crippen MR) is 92.3 cm³/mol. The second kappa shape index (κ2) is 6.82. The lowest BCUT2D eigenvalue weighted by Crippen LogP contribution is -2.42. The van der Waals surface area contributed by atoms with Crippen molar-refractivity contribution in [2.45, 2.75) is 43.5 Å². The van der Waals surface area contributed by atoms with Crippen LogP contribution in [0.1, 0.15) is 43.0 Å². The van der Waals surface area contributed by atoms with Gasteiger partial charge in [0.1, 0.15) is 0 Å². The van der Waals surface area contributed by atoms with Gasteiger partial charge in [0.25, 0.3) is 5.91 Å². The van der Waals surface area contributed by atoms with Gasteiger partial charge in [-0.2, -0.15) is 0 Å². The van der Waals surface area contributed by atoms with E-state index < -0.39 is 10.0 Å². The van der Waals surface area contributed by atoms with Crippen LogP contribution < -0.4 is 15.4 Å². The van der Waals surface area contributed by atoms with Crippen LogP contribution in [0.2, 0.25) is 0 Å². The lowest BCUT2D eigenvalue weighted by Gasteiger charge is -2.34. The van der Waals surface area contributed by atoms with Crippen molar-refractivity contribution >= 4 is 15.9 Å². The highest BCUT2D eigenvalue weighted by atomic mass is 32.2. The van der Waals surface area contributed by atoms with Gasteiger partial charge in [-0.1, -0.05) is 6.92 Å². The molecule has 24 heavy (non-hydrogen) atoms. The minimum Gasteiger partial charge on any atom is -0.351 e. The second-order valence-corrected chi connectivity index (χ2v) is 8.88. The first-order valence-electron chi connectivity index (χ1n) is 8.49. The zero-order chi connectivity index (χ0) is 17.2. The normalized spacial score (nSPS) is 20.5. The Kier molecular flexibility index (Phi) is 4.94. The number of hydrogen-bond acceptors (Lipinski definition) is 4. The van der Waals surface area contributed by atoms with Gasteiger partial charge in [-0.3, -0.25) is 4.79 Å². The lowest BCUT2D eigenvalue weighted by atomic mass is 9.81. The Morgan fingerprint density at radius 3 is 2.42 bits per heavy atom. The third-order valence-corrected chi connectivity index (χ3v) is 6.35. The molecule has 1 aromatic carbocycles. The molecular formula is C17H25N3O3S. The molecule has 6 nitrogen and oxygen atoms in total. The summed E-state index contributed by atoms with van der Waals surface area (Å²) in [6.07, 6.45) is 3.87. The third kappa shape index (κ3) is 4.34. The smallest absolute Gasteiger partial charge is 0.251 e. The summed E-state index contributed by atoms with van der Waals surface area (Å²) in [7, 11) is -3.47. The molecule has 0 unspecified atom stereocenters. The second-order valence-electron chi connectivity index (χ2n) is 7.16. The summed E-state index contributed by atoms with van der Waals surface area (Å²) in [5.74, 6) is -0.158. The standard InChI is InChI=1S/C17H25N3O3S/c1-17(8-10-18-11-9-17)12-19-16(21)13-2-6-15(7-3-13)24(22,23)20-14-4-5-14/h2-3,6-7,14,18,20H,4-5,8-12H2,1H3,(H,19,21). The third-order valence-electron chi connectivity index (χ3n) is 4.81. The van der Waals surface area contributed by atoms with Crippen molar-refractivity contribution in [2.24, 2.45) is 5.41 Å². The molecule has 3 rings (SSSR count). The van der Waals surface area contributed by atoms with Crippen molar-refractivity contribution in [3.8, 4) is 0 Å². The van der Waals surface area contributed by atoms with Gasteiger partial charge in [-0.05, 0) is 68.5 Å². The number of carbonyl (C=O) groups is 1. The SMILES string of the molecule is CC1(CNC(=O)c2ccc(S(=O)(=O)NC3CC3)cc2)CCNCC1. The van der Waals surface area contributed by atoms with Gasteiger partial charge in [-0.25, -0.2) is 13.1 Å². The molecule has 2 aliphatic rings. The van der Waals surface area contributed by atoms with Gasteiger partial charge in [0.05, 0.1) is 4.90 Å². The average molecular weight is 351 g/mol. The summed E-state index contributed by atoms with van der Waals surface area (Å²) in [5, 5.41) is 6.30. The van der Waals surface area contributed by atoms with E-state index in [2.05, 4.69) is 22.3 Å². The Labute approximate surface area is 143 Å². The molecule has 1 heterocycles. The highest BCUT2D eigenvalue weighted by Crippen LogP contribution is 2.27. The minimum absolute atomic E-state index is 0.0729. The van der Waals surface area contributed by atoms with E-state index in [0.717, 1.165) is 38.8 Å². The Bertz CT molecular complexity index is 690. The van der Waals surface area contributed by atoms with Crippen LogP contribution in [0.5, 0.6) is 0 Å². The molecule has 0 aromatic heterocycles. The molecule has 1 amide bonds. The molecule has 1 aliphatic carbocycles. The molecule has 1 aromatic rings. The van der Waals surface area contributed by atoms with Crippen molar-refractivity contribution in [2.75, 3.05) is 19.6 Å². The van der Waals surface area contributed by atoms with Crippen LogP contribution in [-0.4, -0.2) is 40.0 Å². The van der Waals surface area contributed by atoms with Gasteiger partial charge in [0.2, 0.25) is 10.0 Å². The molecule has 2 fully saturated rings. The molecular weight excluding hydrogens is 326 g/mol. The fourth-order valence-electron chi connectivity index (χ4n) is 2.88. The molecule has 0 atom stereocenters. The minimum atomic E-state index is -3.47. The van der Waals surface area contributed by atoms with E-state index in [1.165, 1.54) is 12.1 Å². The fraction of sp³-hybridized carbons (Fsp3) is 0.588. The molecule has 132 valence electrons. The molecule has 1 aliphatic heterocycles. The van der Waals surface area contributed by atoms with Crippen molar-refractivity contribution in [3.05, 3.63) is 29.8 Å². The van der Waals surface area contributed by atoms with Crippen molar-refractivity contribution < 1.29 is 13.2 Å². The Balaban J connectivity index is 1.59. The van der Waals surface area contributed by atoms with Crippen molar-refractivity contribution in [1.82, 2.24) is 15.4 Å². The maximum Gasteiger partial charge on any atom is 0.251 e. The monoisotopic (exact) mass is 351 g/mol. The quantitative estimate of drug-likeness (QED) is 0.720. The Morgan fingerprint density at radius 1 is 1.21 bits per heavy atom. The van der Waals surface area contributed by atoms with Crippen LogP contribution in [0, 0.1) is 5.41 Å². The maximum atomic E-state index is 12.3. The highest BCUT2D eigenvalue weighted by Gasteiger charge is 2.29. The van der Waals surface area contributed by atoms with Gasteiger partial charge >= 0.3 is 0 Å². The van der Waals surface area contributed by atoms with E-state index in [9.17, 15) is 13.2 Å². The molecule has 3 N–H and O–H groups in total. The zero-order valence-corrected chi connectivity index (χ0v) is 14.8. The number of nitrogens with one attached hydrogen (secondary N) is 3. The zero-order valence-electron chi connectivity index (χ0n) is 14.0. The van der Waals surface area contributed by atoms with E-state index >= 15 is 0 Å². The summed E-state index contributed by atoms with van der Waals surface area (Å²) in [4.78, 5) is 12.5. The van der Waals surface area contributed by atoms with Gasteiger partial charge < -0.3 is 10.6 Å². The first-order chi connectivity index (χ1) is 11.4. The van der Waals surface area contributed by atoms with E-state index in [1.54, 1.807) is 12.1 Å². The van der Waals surface area contributed by atoms with Crippen LogP contribution in [0.3, 0.4) is 0 Å². The lowest BCUT2D eigenvalue weighted by molar-refractivity contribution is 0.0922. The first kappa shape index (κ1) is 17.4. The van der Waals surface area contributed by atoms with Gasteiger partial charge in [0.15, 0.2) is 0 Å².